The van der Waals surface area contributed by atoms with E-state index in [0.717, 1.165) is 29.8 Å². The first-order chi connectivity index (χ1) is 13.7. The van der Waals surface area contributed by atoms with E-state index in [1.165, 1.54) is 62.1 Å². The average Bonchev–Trinajstić information content (AvgIpc) is 3.24. The summed E-state index contributed by atoms with van der Waals surface area (Å²) in [6.07, 6.45) is 8.23. The maximum atomic E-state index is 12.5. The van der Waals surface area contributed by atoms with E-state index in [1.54, 1.807) is 6.20 Å². The summed E-state index contributed by atoms with van der Waals surface area (Å²) in [5.74, 6) is -0.0347. The zero-order valence-corrected chi connectivity index (χ0v) is 17.5. The lowest BCUT2D eigenvalue weighted by Gasteiger charge is -2.40. The summed E-state index contributed by atoms with van der Waals surface area (Å²) in [5.41, 5.74) is 2.34. The second-order valence-corrected chi connectivity index (χ2v) is 9.00. The normalized spacial score (nSPS) is 19.0. The highest BCUT2D eigenvalue weighted by molar-refractivity contribution is 7.17. The summed E-state index contributed by atoms with van der Waals surface area (Å²) < 4.78 is 0. The van der Waals surface area contributed by atoms with Gasteiger partial charge in [0, 0.05) is 25.7 Å². The molecule has 4 rings (SSSR count). The summed E-state index contributed by atoms with van der Waals surface area (Å²) in [4.78, 5) is 22.7. The number of aryl methyl sites for hydroxylation is 1. The number of hydrogen-bond donors (Lipinski definition) is 1. The van der Waals surface area contributed by atoms with E-state index in [-0.39, 0.29) is 5.91 Å². The molecule has 0 radical (unpaired) electrons. The zero-order chi connectivity index (χ0) is 19.3. The van der Waals surface area contributed by atoms with Crippen molar-refractivity contribution in [3.8, 4) is 0 Å². The molecular weight excluding hydrogens is 368 g/mol. The fourth-order valence-electron chi connectivity index (χ4n) is 4.20. The monoisotopic (exact) mass is 398 g/mol. The minimum atomic E-state index is -0.0347. The molecule has 2 aliphatic heterocycles. The summed E-state index contributed by atoms with van der Waals surface area (Å²) in [7, 11) is 0. The Kier molecular flexibility index (Phi) is 6.27. The molecule has 3 heterocycles. The first kappa shape index (κ1) is 19.4. The molecule has 1 amide bonds. The third kappa shape index (κ3) is 4.73. The van der Waals surface area contributed by atoms with Gasteiger partial charge in [0.05, 0.1) is 6.20 Å². The van der Waals surface area contributed by atoms with Crippen molar-refractivity contribution in [3.63, 3.8) is 0 Å². The summed E-state index contributed by atoms with van der Waals surface area (Å²) in [5, 5.41) is 3.99. The quantitative estimate of drug-likeness (QED) is 0.831. The molecule has 0 atom stereocenters. The first-order valence-corrected chi connectivity index (χ1v) is 11.3. The Morgan fingerprint density at radius 2 is 1.82 bits per heavy atom. The van der Waals surface area contributed by atoms with Gasteiger partial charge in [-0.05, 0) is 51.3 Å². The van der Waals surface area contributed by atoms with E-state index < -0.39 is 0 Å². The topological polar surface area (TPSA) is 48.5 Å². The highest BCUT2D eigenvalue weighted by atomic mass is 32.1. The number of likely N-dealkylation sites (tertiary alicyclic amines) is 1. The van der Waals surface area contributed by atoms with Crippen molar-refractivity contribution < 1.29 is 4.79 Å². The van der Waals surface area contributed by atoms with Crippen molar-refractivity contribution in [1.29, 1.82) is 0 Å². The van der Waals surface area contributed by atoms with Gasteiger partial charge in [-0.3, -0.25) is 4.79 Å². The van der Waals surface area contributed by atoms with Gasteiger partial charge < -0.3 is 15.1 Å². The largest absolute Gasteiger partial charge is 0.348 e. The predicted octanol–water partition coefficient (Wildman–Crippen LogP) is 3.84. The molecule has 1 aromatic carbocycles. The first-order valence-electron chi connectivity index (χ1n) is 10.5. The van der Waals surface area contributed by atoms with Crippen LogP contribution in [0, 0.1) is 6.92 Å². The second kappa shape index (κ2) is 9.05. The SMILES string of the molecule is Cc1ccc(CNC(=O)c2cnc(N3CCC(N4CCCCC4)CC3)s2)cc1. The van der Waals surface area contributed by atoms with Gasteiger partial charge in [-0.1, -0.05) is 47.6 Å². The number of aromatic nitrogens is 1. The van der Waals surface area contributed by atoms with Crippen molar-refractivity contribution in [3.05, 3.63) is 46.5 Å². The summed E-state index contributed by atoms with van der Waals surface area (Å²) in [6.45, 7) is 7.24. The lowest BCUT2D eigenvalue weighted by atomic mass is 10.0. The number of piperidine rings is 2. The number of carbonyl (C=O) groups is 1. The molecule has 6 heteroatoms. The Morgan fingerprint density at radius 1 is 1.11 bits per heavy atom. The molecule has 2 aromatic rings. The molecule has 0 spiro atoms. The number of nitrogens with zero attached hydrogens (tertiary/aromatic N) is 3. The van der Waals surface area contributed by atoms with Crippen LogP contribution in [0.3, 0.4) is 0 Å². The van der Waals surface area contributed by atoms with Gasteiger partial charge in [-0.25, -0.2) is 4.98 Å². The number of rotatable bonds is 5. The van der Waals surface area contributed by atoms with Crippen molar-refractivity contribution >= 4 is 22.4 Å². The van der Waals surface area contributed by atoms with Crippen LogP contribution >= 0.6 is 11.3 Å². The van der Waals surface area contributed by atoms with Gasteiger partial charge in [0.2, 0.25) is 0 Å². The van der Waals surface area contributed by atoms with E-state index >= 15 is 0 Å². The smallest absolute Gasteiger partial charge is 0.263 e. The number of benzene rings is 1. The summed E-state index contributed by atoms with van der Waals surface area (Å²) >= 11 is 1.51. The molecule has 0 bridgehead atoms. The van der Waals surface area contributed by atoms with Gasteiger partial charge in [0.1, 0.15) is 4.88 Å². The molecule has 2 fully saturated rings. The third-order valence-corrected chi connectivity index (χ3v) is 6.99. The van der Waals surface area contributed by atoms with Gasteiger partial charge >= 0.3 is 0 Å². The molecular formula is C22H30N4OS. The van der Waals surface area contributed by atoms with E-state index in [4.69, 9.17) is 0 Å². The standard InChI is InChI=1S/C22H30N4OS/c1-17-5-7-18(8-6-17)15-23-21(27)20-16-24-22(28-20)26-13-9-19(10-14-26)25-11-3-2-4-12-25/h5-8,16,19H,2-4,9-15H2,1H3,(H,23,27). The Bertz CT molecular complexity index is 774. The van der Waals surface area contributed by atoms with Crippen LogP contribution in [0.1, 0.15) is 52.9 Å². The van der Waals surface area contributed by atoms with Crippen molar-refractivity contribution in [1.82, 2.24) is 15.2 Å². The Balaban J connectivity index is 1.28. The maximum Gasteiger partial charge on any atom is 0.263 e. The Labute approximate surface area is 171 Å². The van der Waals surface area contributed by atoms with E-state index in [0.29, 0.717) is 11.4 Å². The zero-order valence-electron chi connectivity index (χ0n) is 16.7. The number of hydrogen-bond acceptors (Lipinski definition) is 5. The molecule has 1 aromatic heterocycles. The second-order valence-electron chi connectivity index (χ2n) is 7.99. The van der Waals surface area contributed by atoms with E-state index in [2.05, 4.69) is 51.3 Å². The molecule has 28 heavy (non-hydrogen) atoms. The maximum absolute atomic E-state index is 12.5. The van der Waals surface area contributed by atoms with Crippen LogP contribution in [0.25, 0.3) is 0 Å². The molecule has 0 unspecified atom stereocenters. The van der Waals surface area contributed by atoms with E-state index in [9.17, 15) is 4.79 Å². The number of anilines is 1. The highest BCUT2D eigenvalue weighted by Crippen LogP contribution is 2.28. The minimum absolute atomic E-state index is 0.0347. The van der Waals surface area contributed by atoms with Crippen LogP contribution in [0.5, 0.6) is 0 Å². The number of carbonyl (C=O) groups excluding carboxylic acids is 1. The highest BCUT2D eigenvalue weighted by Gasteiger charge is 2.27. The van der Waals surface area contributed by atoms with Crippen LogP contribution < -0.4 is 10.2 Å². The molecule has 1 N–H and O–H groups in total. The fraction of sp³-hybridized carbons (Fsp3) is 0.545. The third-order valence-electron chi connectivity index (χ3n) is 5.93. The Hall–Kier alpha value is -1.92. The number of nitrogens with one attached hydrogen (secondary N) is 1. The van der Waals surface area contributed by atoms with Gasteiger partial charge in [0.25, 0.3) is 5.91 Å². The van der Waals surface area contributed by atoms with Crippen LogP contribution in [-0.2, 0) is 6.54 Å². The molecule has 2 saturated heterocycles. The number of thiazole rings is 1. The molecule has 150 valence electrons. The predicted molar refractivity (Wildman–Crippen MR) is 115 cm³/mol. The van der Waals surface area contributed by atoms with Crippen molar-refractivity contribution in [2.24, 2.45) is 0 Å². The van der Waals surface area contributed by atoms with Crippen molar-refractivity contribution in [2.75, 3.05) is 31.1 Å². The molecule has 0 saturated carbocycles. The van der Waals surface area contributed by atoms with Crippen molar-refractivity contribution in [2.45, 2.75) is 51.6 Å². The summed E-state index contributed by atoms with van der Waals surface area (Å²) in [6, 6.07) is 8.98. The lowest BCUT2D eigenvalue weighted by Crippen LogP contribution is -2.46. The van der Waals surface area contributed by atoms with Crippen LogP contribution in [0.2, 0.25) is 0 Å². The van der Waals surface area contributed by atoms with Gasteiger partial charge in [-0.2, -0.15) is 0 Å². The average molecular weight is 399 g/mol. The lowest BCUT2D eigenvalue weighted by molar-refractivity contribution is 0.0955. The minimum Gasteiger partial charge on any atom is -0.348 e. The number of amides is 1. The van der Waals surface area contributed by atoms with Gasteiger partial charge in [-0.15, -0.1) is 0 Å². The van der Waals surface area contributed by atoms with E-state index in [1.807, 2.05) is 0 Å². The molecule has 0 aliphatic carbocycles. The van der Waals surface area contributed by atoms with Crippen LogP contribution in [-0.4, -0.2) is 48.0 Å². The molecule has 2 aliphatic rings. The fourth-order valence-corrected chi connectivity index (χ4v) is 5.08. The Morgan fingerprint density at radius 3 is 2.54 bits per heavy atom. The van der Waals surface area contributed by atoms with Crippen LogP contribution in [0.4, 0.5) is 5.13 Å². The van der Waals surface area contributed by atoms with Crippen LogP contribution in [0.15, 0.2) is 30.5 Å². The van der Waals surface area contributed by atoms with Gasteiger partial charge in [0.15, 0.2) is 5.13 Å². The molecule has 5 nitrogen and oxygen atoms in total.